The van der Waals surface area contributed by atoms with Gasteiger partial charge in [0.15, 0.2) is 0 Å². The maximum Gasteiger partial charge on any atom is 0.433 e. The van der Waals surface area contributed by atoms with Gasteiger partial charge >= 0.3 is 12.2 Å². The SMILES string of the molecule is COc1nc(-c2cccc(-c3cccc(Nc4nc(C(F)(F)F)cc5cnn(C)c(=O)c45)c3C)c2Cl)cc2c1C(N1CCC3(CN(CCO)C(=O)N3)C1)CC2. The number of fused-ring (bicyclic) bond motifs is 2. The molecule has 8 rings (SSSR count). The summed E-state index contributed by atoms with van der Waals surface area (Å²) < 4.78 is 48.6. The zero-order valence-corrected chi connectivity index (χ0v) is 31.1. The summed E-state index contributed by atoms with van der Waals surface area (Å²) in [6.07, 6.45) is -1.06. The van der Waals surface area contributed by atoms with E-state index in [1.807, 2.05) is 31.2 Å². The Hall–Kier alpha value is -5.25. The van der Waals surface area contributed by atoms with Gasteiger partial charge in [-0.1, -0.05) is 41.9 Å². The third-order valence-electron chi connectivity index (χ3n) is 11.0. The fourth-order valence-corrected chi connectivity index (χ4v) is 8.67. The van der Waals surface area contributed by atoms with E-state index in [0.717, 1.165) is 53.2 Å². The average molecular weight is 775 g/mol. The molecule has 1 aliphatic carbocycles. The molecule has 16 heteroatoms. The van der Waals surface area contributed by atoms with Crippen molar-refractivity contribution >= 4 is 39.9 Å². The molecule has 3 N–H and O–H groups in total. The Morgan fingerprint density at radius 3 is 2.62 bits per heavy atom. The van der Waals surface area contributed by atoms with Crippen LogP contribution in [0.3, 0.4) is 0 Å². The maximum atomic E-state index is 13.9. The van der Waals surface area contributed by atoms with Crippen LogP contribution < -0.4 is 20.9 Å². The van der Waals surface area contributed by atoms with Crippen molar-refractivity contribution in [3.05, 3.63) is 92.5 Å². The van der Waals surface area contributed by atoms with E-state index in [4.69, 9.17) is 21.3 Å². The highest BCUT2D eigenvalue weighted by atomic mass is 35.5. The van der Waals surface area contributed by atoms with Crippen LogP contribution in [0.4, 0.5) is 29.5 Å². The third kappa shape index (κ3) is 6.43. The number of halogens is 4. The number of carbonyl (C=O) groups is 1. The van der Waals surface area contributed by atoms with Crippen LogP contribution in [-0.4, -0.2) is 86.1 Å². The smallest absolute Gasteiger partial charge is 0.433 e. The van der Waals surface area contributed by atoms with Crippen molar-refractivity contribution in [3.8, 4) is 28.3 Å². The quantitative estimate of drug-likeness (QED) is 0.167. The molecule has 3 aromatic heterocycles. The highest BCUT2D eigenvalue weighted by Crippen LogP contribution is 2.47. The summed E-state index contributed by atoms with van der Waals surface area (Å²) in [6, 6.07) is 13.7. The fraction of sp³-hybridized carbons (Fsp3) is 0.359. The molecule has 5 aromatic rings. The van der Waals surface area contributed by atoms with E-state index >= 15 is 0 Å². The van der Waals surface area contributed by atoms with Crippen molar-refractivity contribution in [2.75, 3.05) is 45.2 Å². The van der Waals surface area contributed by atoms with Crippen molar-refractivity contribution in [1.29, 1.82) is 0 Å². The first-order valence-electron chi connectivity index (χ1n) is 17.9. The van der Waals surface area contributed by atoms with Crippen LogP contribution in [0, 0.1) is 6.92 Å². The molecule has 2 unspecified atom stereocenters. The number of hydrogen-bond donors (Lipinski definition) is 3. The molecule has 12 nitrogen and oxygen atoms in total. The zero-order valence-electron chi connectivity index (χ0n) is 30.3. The normalized spacial score (nSPS) is 19.7. The number of aromatic nitrogens is 4. The minimum absolute atomic E-state index is 0.0123. The number of β-amino-alcohol motifs (C(OH)–C–C–N with tert-alkyl or cyclic N) is 1. The van der Waals surface area contributed by atoms with Crippen LogP contribution in [0.15, 0.2) is 59.5 Å². The van der Waals surface area contributed by atoms with Gasteiger partial charge in [-0.15, -0.1) is 0 Å². The zero-order chi connectivity index (χ0) is 38.8. The second-order valence-electron chi connectivity index (χ2n) is 14.4. The van der Waals surface area contributed by atoms with E-state index in [9.17, 15) is 27.9 Å². The lowest BCUT2D eigenvalue weighted by molar-refractivity contribution is -0.141. The standard InChI is InChI=1S/C39H38ClF3N8O4/c1-21-24(6-5-9-27(21)45-34-32-23(18-44-49(2)36(32)53)17-30(47-34)39(41,42)43)25-7-4-8-26(33(25)40)28-16-22-10-11-29(31(22)35(46-28)55-3)50-13-12-38(19-50)20-51(14-15-52)37(54)48-38/h4-9,16-18,29,52H,10-15,19-20H2,1-3H3,(H,45,47)(H,48,54). The number of anilines is 2. The van der Waals surface area contributed by atoms with Crippen LogP contribution in [0.5, 0.6) is 5.88 Å². The van der Waals surface area contributed by atoms with Crippen LogP contribution in [0.1, 0.15) is 41.3 Å². The monoisotopic (exact) mass is 774 g/mol. The molecule has 2 amide bonds. The van der Waals surface area contributed by atoms with E-state index in [0.29, 0.717) is 58.6 Å². The summed E-state index contributed by atoms with van der Waals surface area (Å²) >= 11 is 7.19. The molecule has 0 saturated carbocycles. The van der Waals surface area contributed by atoms with Gasteiger partial charge in [0.05, 0.1) is 41.6 Å². The number of amides is 2. The number of likely N-dealkylation sites (tertiary alicyclic amines) is 1. The Labute approximate surface area is 318 Å². The first kappa shape index (κ1) is 36.7. The number of aryl methyl sites for hydroxylation is 2. The Morgan fingerprint density at radius 1 is 1.09 bits per heavy atom. The molecule has 2 atom stereocenters. The van der Waals surface area contributed by atoms with Gasteiger partial charge in [-0.25, -0.2) is 19.4 Å². The van der Waals surface area contributed by atoms with Gasteiger partial charge < -0.3 is 25.4 Å². The minimum atomic E-state index is -4.75. The molecule has 2 aliphatic heterocycles. The summed E-state index contributed by atoms with van der Waals surface area (Å²) in [4.78, 5) is 38.5. The van der Waals surface area contributed by atoms with Gasteiger partial charge in [0.1, 0.15) is 11.5 Å². The number of rotatable bonds is 8. The van der Waals surface area contributed by atoms with Gasteiger partial charge in [-0.3, -0.25) is 9.69 Å². The first-order valence-corrected chi connectivity index (χ1v) is 18.3. The summed E-state index contributed by atoms with van der Waals surface area (Å²) in [5, 5.41) is 19.9. The average Bonchev–Trinajstić information content (AvgIpc) is 3.86. The number of carbonyl (C=O) groups excluding carboxylic acids is 1. The van der Waals surface area contributed by atoms with Crippen molar-refractivity contribution in [2.24, 2.45) is 7.05 Å². The second-order valence-corrected chi connectivity index (χ2v) is 14.8. The predicted octanol–water partition coefficient (Wildman–Crippen LogP) is 6.24. The largest absolute Gasteiger partial charge is 0.481 e. The lowest BCUT2D eigenvalue weighted by Gasteiger charge is -2.28. The lowest BCUT2D eigenvalue weighted by Crippen LogP contribution is -2.46. The van der Waals surface area contributed by atoms with Gasteiger partial charge in [0.2, 0.25) is 5.88 Å². The molecule has 2 saturated heterocycles. The van der Waals surface area contributed by atoms with Gasteiger partial charge in [0.25, 0.3) is 5.56 Å². The van der Waals surface area contributed by atoms with Gasteiger partial charge in [-0.2, -0.15) is 18.3 Å². The van der Waals surface area contributed by atoms with Crippen LogP contribution in [-0.2, 0) is 19.6 Å². The number of nitrogens with zero attached hydrogens (tertiary/aromatic N) is 6. The predicted molar refractivity (Wildman–Crippen MR) is 202 cm³/mol. The van der Waals surface area contributed by atoms with Gasteiger partial charge in [-0.05, 0) is 61.1 Å². The van der Waals surface area contributed by atoms with E-state index in [-0.39, 0.29) is 40.8 Å². The second kappa shape index (κ2) is 13.8. The van der Waals surface area contributed by atoms with Crippen molar-refractivity contribution in [1.82, 2.24) is 34.9 Å². The molecule has 2 fully saturated rings. The number of benzene rings is 2. The first-order chi connectivity index (χ1) is 26.3. The van der Waals surface area contributed by atoms with Crippen molar-refractivity contribution < 1.29 is 27.8 Å². The lowest BCUT2D eigenvalue weighted by atomic mass is 9.96. The number of ether oxygens (including phenoxy) is 1. The molecule has 3 aliphatic rings. The molecule has 55 heavy (non-hydrogen) atoms. The summed E-state index contributed by atoms with van der Waals surface area (Å²) in [5.41, 5.74) is 3.86. The Bertz CT molecular complexity index is 2420. The van der Waals surface area contributed by atoms with Crippen LogP contribution in [0.2, 0.25) is 5.02 Å². The van der Waals surface area contributed by atoms with E-state index < -0.39 is 17.4 Å². The molecule has 5 heterocycles. The third-order valence-corrected chi connectivity index (χ3v) is 11.4. The molecule has 286 valence electrons. The molecular formula is C39H38ClF3N8O4. The molecular weight excluding hydrogens is 737 g/mol. The Balaban J connectivity index is 1.11. The fourth-order valence-electron chi connectivity index (χ4n) is 8.34. The maximum absolute atomic E-state index is 13.9. The van der Waals surface area contributed by atoms with Gasteiger partial charge in [0, 0.05) is 67.0 Å². The summed E-state index contributed by atoms with van der Waals surface area (Å²) in [6.45, 7) is 4.09. The number of alkyl halides is 3. The summed E-state index contributed by atoms with van der Waals surface area (Å²) in [5.74, 6) is 0.278. The number of aliphatic hydroxyl groups excluding tert-OH is 1. The topological polar surface area (TPSA) is 138 Å². The van der Waals surface area contributed by atoms with Crippen molar-refractivity contribution in [3.63, 3.8) is 0 Å². The number of methoxy groups -OCH3 is 1. The number of nitrogens with one attached hydrogen (secondary N) is 2. The minimum Gasteiger partial charge on any atom is -0.481 e. The van der Waals surface area contributed by atoms with Crippen LogP contribution in [0.25, 0.3) is 33.2 Å². The summed E-state index contributed by atoms with van der Waals surface area (Å²) in [7, 11) is 3.02. The van der Waals surface area contributed by atoms with Crippen molar-refractivity contribution in [2.45, 2.75) is 43.9 Å². The Kier molecular flexibility index (Phi) is 9.21. The van der Waals surface area contributed by atoms with E-state index in [1.165, 1.54) is 13.2 Å². The van der Waals surface area contributed by atoms with E-state index in [2.05, 4.69) is 31.7 Å². The molecule has 2 aromatic carbocycles. The van der Waals surface area contributed by atoms with E-state index in [1.54, 1.807) is 24.1 Å². The number of hydrogen-bond acceptors (Lipinski definition) is 9. The highest BCUT2D eigenvalue weighted by Gasteiger charge is 2.49. The highest BCUT2D eigenvalue weighted by molar-refractivity contribution is 6.36. The molecule has 1 spiro atoms. The van der Waals surface area contributed by atoms with Crippen LogP contribution >= 0.6 is 11.6 Å². The number of urea groups is 1. The molecule has 0 radical (unpaired) electrons. The number of aliphatic hydroxyl groups is 1. The molecule has 0 bridgehead atoms. The number of pyridine rings is 2. The Morgan fingerprint density at radius 2 is 1.85 bits per heavy atom.